The molecule has 1 aliphatic rings. The smallest absolute Gasteiger partial charge is 0.220 e. The number of piperidine rings is 1. The summed E-state index contributed by atoms with van der Waals surface area (Å²) in [7, 11) is 0. The zero-order valence-electron chi connectivity index (χ0n) is 21.6. The molecule has 0 saturated carbocycles. The second kappa shape index (κ2) is 15.3. The third-order valence-electron chi connectivity index (χ3n) is 6.96. The van der Waals surface area contributed by atoms with Gasteiger partial charge in [0.15, 0.2) is 0 Å². The highest BCUT2D eigenvalue weighted by molar-refractivity contribution is 5.76. The number of unbranched alkanes of at least 4 members (excludes halogenated alkanes) is 14. The summed E-state index contributed by atoms with van der Waals surface area (Å²) in [6.07, 6.45) is 22.2. The highest BCUT2D eigenvalue weighted by Crippen LogP contribution is 2.37. The van der Waals surface area contributed by atoms with Gasteiger partial charge >= 0.3 is 0 Å². The first-order chi connectivity index (χ1) is 14.7. The second-order valence-electron chi connectivity index (χ2n) is 11.3. The number of hydroxylamine groups is 2. The van der Waals surface area contributed by atoms with Crippen molar-refractivity contribution in [3.05, 3.63) is 0 Å². The molecule has 0 unspecified atom stereocenters. The maximum absolute atomic E-state index is 12.4. The molecule has 1 rings (SSSR count). The molecular formula is C27H53N2O2. The fourth-order valence-corrected chi connectivity index (χ4v) is 5.32. The summed E-state index contributed by atoms with van der Waals surface area (Å²) < 4.78 is 0. The van der Waals surface area contributed by atoms with E-state index < -0.39 is 11.1 Å². The Balaban J connectivity index is 1.95. The van der Waals surface area contributed by atoms with Crippen molar-refractivity contribution in [3.8, 4) is 0 Å². The van der Waals surface area contributed by atoms with Gasteiger partial charge in [0.05, 0.1) is 0 Å². The molecule has 0 spiro atoms. The number of carbonyl (C=O) groups excluding carboxylic acids is 1. The molecule has 0 aromatic heterocycles. The van der Waals surface area contributed by atoms with Crippen LogP contribution in [0.1, 0.15) is 150 Å². The number of rotatable bonds is 17. The standard InChI is InChI=1S/C27H53N2O2/c1-6-7-8-9-10-11-12-13-14-15-16-17-18-19-20-21-25(30)28-24-22-26(2,3)29(31)27(4,5)23-24/h24H,6-23H2,1-5H3,(H,28,30). The van der Waals surface area contributed by atoms with Gasteiger partial charge in [0.25, 0.3) is 0 Å². The summed E-state index contributed by atoms with van der Waals surface area (Å²) in [5.41, 5.74) is -0.845. The molecule has 0 bridgehead atoms. The Morgan fingerprint density at radius 3 is 1.45 bits per heavy atom. The molecule has 1 heterocycles. The molecule has 0 atom stereocenters. The number of hydrogen-bond donors (Lipinski definition) is 1. The van der Waals surface area contributed by atoms with Gasteiger partial charge in [0.1, 0.15) is 0 Å². The zero-order chi connectivity index (χ0) is 23.2. The molecule has 4 heteroatoms. The van der Waals surface area contributed by atoms with Crippen molar-refractivity contribution in [3.63, 3.8) is 0 Å². The van der Waals surface area contributed by atoms with Gasteiger partial charge in [-0.25, -0.2) is 0 Å². The van der Waals surface area contributed by atoms with Gasteiger partial charge < -0.3 is 5.32 Å². The van der Waals surface area contributed by atoms with Crippen molar-refractivity contribution >= 4 is 5.91 Å². The molecule has 183 valence electrons. The Morgan fingerprint density at radius 2 is 1.06 bits per heavy atom. The lowest BCUT2D eigenvalue weighted by Crippen LogP contribution is -2.62. The first kappa shape index (κ1) is 28.4. The molecule has 1 N–H and O–H groups in total. The van der Waals surface area contributed by atoms with E-state index in [2.05, 4.69) is 12.2 Å². The maximum Gasteiger partial charge on any atom is 0.220 e. The van der Waals surface area contributed by atoms with Crippen molar-refractivity contribution in [1.82, 2.24) is 10.4 Å². The summed E-state index contributed by atoms with van der Waals surface area (Å²) in [6, 6.07) is 0.110. The molecule has 1 fully saturated rings. The molecule has 31 heavy (non-hydrogen) atoms. The highest BCUT2D eigenvalue weighted by atomic mass is 16.5. The molecule has 0 aliphatic carbocycles. The summed E-state index contributed by atoms with van der Waals surface area (Å²) in [6.45, 7) is 10.2. The molecule has 0 aromatic rings. The summed E-state index contributed by atoms with van der Waals surface area (Å²) >= 11 is 0. The van der Waals surface area contributed by atoms with Crippen molar-refractivity contribution in [2.45, 2.75) is 167 Å². The van der Waals surface area contributed by atoms with Crippen LogP contribution in [-0.4, -0.2) is 28.1 Å². The third-order valence-corrected chi connectivity index (χ3v) is 6.96. The van der Waals surface area contributed by atoms with E-state index in [1.807, 2.05) is 27.7 Å². The summed E-state index contributed by atoms with van der Waals surface area (Å²) in [5.74, 6) is 0.158. The molecule has 0 aromatic carbocycles. The normalized spacial score (nSPS) is 18.9. The molecule has 1 saturated heterocycles. The Kier molecular flexibility index (Phi) is 14.0. The van der Waals surface area contributed by atoms with E-state index in [9.17, 15) is 10.0 Å². The highest BCUT2D eigenvalue weighted by Gasteiger charge is 2.46. The lowest BCUT2D eigenvalue weighted by Gasteiger charge is -2.50. The monoisotopic (exact) mass is 437 g/mol. The Morgan fingerprint density at radius 1 is 0.710 bits per heavy atom. The number of hydrogen-bond acceptors (Lipinski definition) is 2. The van der Waals surface area contributed by atoms with E-state index in [-0.39, 0.29) is 11.9 Å². The largest absolute Gasteiger partial charge is 0.353 e. The van der Waals surface area contributed by atoms with Gasteiger partial charge in [-0.1, -0.05) is 96.8 Å². The van der Waals surface area contributed by atoms with Crippen molar-refractivity contribution in [2.24, 2.45) is 0 Å². The summed E-state index contributed by atoms with van der Waals surface area (Å²) in [5, 5.41) is 16.8. The Bertz CT molecular complexity index is 458. The van der Waals surface area contributed by atoms with Crippen LogP contribution in [0.25, 0.3) is 0 Å². The van der Waals surface area contributed by atoms with Crippen LogP contribution in [0.4, 0.5) is 0 Å². The fraction of sp³-hybridized carbons (Fsp3) is 0.963. The molecule has 4 nitrogen and oxygen atoms in total. The van der Waals surface area contributed by atoms with Gasteiger partial charge in [-0.15, -0.1) is 10.3 Å². The number of nitrogens with zero attached hydrogens (tertiary/aromatic N) is 1. The molecule has 1 radical (unpaired) electrons. The quantitative estimate of drug-likeness (QED) is 0.237. The molecule has 1 aliphatic heterocycles. The van der Waals surface area contributed by atoms with Gasteiger partial charge in [-0.2, -0.15) is 0 Å². The second-order valence-corrected chi connectivity index (χ2v) is 11.3. The third kappa shape index (κ3) is 12.3. The van der Waals surface area contributed by atoms with Crippen LogP contribution in [0.2, 0.25) is 0 Å². The van der Waals surface area contributed by atoms with E-state index in [0.29, 0.717) is 6.42 Å². The Labute approximate surface area is 193 Å². The van der Waals surface area contributed by atoms with Crippen LogP contribution in [0, 0.1) is 0 Å². The van der Waals surface area contributed by atoms with Crippen molar-refractivity contribution in [1.29, 1.82) is 0 Å². The van der Waals surface area contributed by atoms with Crippen LogP contribution in [0.15, 0.2) is 0 Å². The van der Waals surface area contributed by atoms with Crippen molar-refractivity contribution < 1.29 is 10.0 Å². The van der Waals surface area contributed by atoms with Gasteiger partial charge in [0.2, 0.25) is 5.91 Å². The van der Waals surface area contributed by atoms with Crippen LogP contribution in [0.3, 0.4) is 0 Å². The predicted octanol–water partition coefficient (Wildman–Crippen LogP) is 7.73. The lowest BCUT2D eigenvalue weighted by molar-refractivity contribution is -0.290. The van der Waals surface area contributed by atoms with E-state index in [0.717, 1.165) is 25.7 Å². The lowest BCUT2D eigenvalue weighted by atomic mass is 9.79. The predicted molar refractivity (Wildman–Crippen MR) is 131 cm³/mol. The van der Waals surface area contributed by atoms with E-state index >= 15 is 0 Å². The SMILES string of the molecule is CCCCCCCCCCCCCCCCCC(=O)NC1CC(C)(C)N([O])C(C)(C)C1. The van der Waals surface area contributed by atoms with E-state index in [1.165, 1.54) is 88.5 Å². The first-order valence-electron chi connectivity index (χ1n) is 13.5. The first-order valence-corrected chi connectivity index (χ1v) is 13.5. The van der Waals surface area contributed by atoms with Crippen LogP contribution in [-0.2, 0) is 10.0 Å². The van der Waals surface area contributed by atoms with Gasteiger partial charge in [-0.3, -0.25) is 4.79 Å². The average Bonchev–Trinajstić information content (AvgIpc) is 2.68. The maximum atomic E-state index is 12.4. The van der Waals surface area contributed by atoms with Crippen LogP contribution in [0.5, 0.6) is 0 Å². The van der Waals surface area contributed by atoms with E-state index in [1.54, 1.807) is 0 Å². The van der Waals surface area contributed by atoms with Gasteiger partial charge in [-0.05, 0) is 47.0 Å². The number of nitrogens with one attached hydrogen (secondary N) is 1. The van der Waals surface area contributed by atoms with Crippen LogP contribution >= 0.6 is 0 Å². The fourth-order valence-electron chi connectivity index (χ4n) is 5.32. The minimum atomic E-state index is -0.422. The minimum Gasteiger partial charge on any atom is -0.353 e. The topological polar surface area (TPSA) is 52.2 Å². The number of carbonyl (C=O) groups is 1. The molecule has 1 amide bonds. The van der Waals surface area contributed by atoms with Crippen molar-refractivity contribution in [2.75, 3.05) is 0 Å². The van der Waals surface area contributed by atoms with E-state index in [4.69, 9.17) is 0 Å². The summed E-state index contributed by atoms with van der Waals surface area (Å²) in [4.78, 5) is 12.3. The zero-order valence-corrected chi connectivity index (χ0v) is 21.6. The molecular weight excluding hydrogens is 384 g/mol. The van der Waals surface area contributed by atoms with Gasteiger partial charge in [0, 0.05) is 23.5 Å². The average molecular weight is 438 g/mol. The number of amides is 1. The minimum absolute atomic E-state index is 0.110. The van der Waals surface area contributed by atoms with Crippen LogP contribution < -0.4 is 5.32 Å². The Hall–Kier alpha value is -0.610.